The third kappa shape index (κ3) is 2.59. The molecule has 1 aliphatic heterocycles. The maximum atomic E-state index is 12.6. The van der Waals surface area contributed by atoms with Crippen LogP contribution in [0.2, 0.25) is 0 Å². The van der Waals surface area contributed by atoms with Crippen LogP contribution in [-0.4, -0.2) is 23.1 Å². The van der Waals surface area contributed by atoms with Gasteiger partial charge in [-0.1, -0.05) is 22.0 Å². The zero-order valence-corrected chi connectivity index (χ0v) is 14.5. The number of hydrogen-bond donors (Lipinski definition) is 0. The number of nitrogens with zero attached hydrogens (tertiary/aromatic N) is 1. The molecule has 1 aromatic rings. The van der Waals surface area contributed by atoms with Crippen molar-refractivity contribution < 1.29 is 9.53 Å². The van der Waals surface area contributed by atoms with E-state index in [9.17, 15) is 4.79 Å². The van der Waals surface area contributed by atoms with Crippen LogP contribution in [0, 0.1) is 0 Å². The Hall–Kier alpha value is -1.03. The molecule has 1 saturated heterocycles. The van der Waals surface area contributed by atoms with E-state index in [1.807, 2.05) is 25.7 Å². The van der Waals surface area contributed by atoms with Gasteiger partial charge in [-0.3, -0.25) is 4.90 Å². The summed E-state index contributed by atoms with van der Waals surface area (Å²) in [6.07, 6.45) is 3.97. The SMILES string of the molecule is CC(C)(C)OC(=O)N1CCC[C@@]12CCc1ccc(Br)cc12. The molecular formula is C17H22BrNO2. The van der Waals surface area contributed by atoms with Crippen molar-refractivity contribution in [2.75, 3.05) is 6.54 Å². The average Bonchev–Trinajstić information content (AvgIpc) is 2.94. The van der Waals surface area contributed by atoms with E-state index in [1.165, 1.54) is 11.1 Å². The zero-order chi connectivity index (χ0) is 15.3. The van der Waals surface area contributed by atoms with Crippen molar-refractivity contribution in [1.82, 2.24) is 4.90 Å². The molecule has 0 unspecified atom stereocenters. The van der Waals surface area contributed by atoms with Crippen LogP contribution in [0.4, 0.5) is 4.79 Å². The average molecular weight is 352 g/mol. The van der Waals surface area contributed by atoms with Crippen molar-refractivity contribution in [3.63, 3.8) is 0 Å². The maximum Gasteiger partial charge on any atom is 0.411 e. The Morgan fingerprint density at radius 1 is 1.33 bits per heavy atom. The van der Waals surface area contributed by atoms with E-state index in [-0.39, 0.29) is 11.6 Å². The number of rotatable bonds is 0. The first-order valence-corrected chi connectivity index (χ1v) is 8.41. The summed E-state index contributed by atoms with van der Waals surface area (Å²) in [6.45, 7) is 6.56. The van der Waals surface area contributed by atoms with Gasteiger partial charge in [-0.2, -0.15) is 0 Å². The fourth-order valence-electron chi connectivity index (χ4n) is 3.68. The largest absolute Gasteiger partial charge is 0.444 e. The molecule has 1 heterocycles. The van der Waals surface area contributed by atoms with Gasteiger partial charge in [0.2, 0.25) is 0 Å². The summed E-state index contributed by atoms with van der Waals surface area (Å²) in [5.74, 6) is 0. The van der Waals surface area contributed by atoms with Crippen molar-refractivity contribution in [2.45, 2.75) is 57.6 Å². The van der Waals surface area contributed by atoms with Gasteiger partial charge < -0.3 is 4.74 Å². The topological polar surface area (TPSA) is 29.5 Å². The summed E-state index contributed by atoms with van der Waals surface area (Å²) in [5, 5.41) is 0. The number of halogens is 1. The molecule has 0 bridgehead atoms. The van der Waals surface area contributed by atoms with E-state index in [2.05, 4.69) is 34.1 Å². The highest BCUT2D eigenvalue weighted by Crippen LogP contribution is 2.49. The molecule has 114 valence electrons. The Morgan fingerprint density at radius 2 is 2.10 bits per heavy atom. The number of benzene rings is 1. The van der Waals surface area contributed by atoms with Crippen LogP contribution in [0.1, 0.15) is 51.2 Å². The number of fused-ring (bicyclic) bond motifs is 2. The van der Waals surface area contributed by atoms with E-state index in [4.69, 9.17) is 4.74 Å². The fourth-order valence-corrected chi connectivity index (χ4v) is 4.04. The molecule has 0 aromatic heterocycles. The maximum absolute atomic E-state index is 12.6. The molecule has 3 rings (SSSR count). The van der Waals surface area contributed by atoms with Gasteiger partial charge in [-0.15, -0.1) is 0 Å². The van der Waals surface area contributed by atoms with Crippen LogP contribution in [-0.2, 0) is 16.7 Å². The van der Waals surface area contributed by atoms with E-state index < -0.39 is 5.60 Å². The molecule has 0 saturated carbocycles. The number of amides is 1. The Morgan fingerprint density at radius 3 is 2.81 bits per heavy atom. The highest BCUT2D eigenvalue weighted by Gasteiger charge is 2.49. The van der Waals surface area contributed by atoms with Crippen LogP contribution < -0.4 is 0 Å². The molecule has 3 nitrogen and oxygen atoms in total. The van der Waals surface area contributed by atoms with E-state index in [0.717, 1.165) is 36.7 Å². The van der Waals surface area contributed by atoms with Crippen molar-refractivity contribution in [2.24, 2.45) is 0 Å². The highest BCUT2D eigenvalue weighted by molar-refractivity contribution is 9.10. The van der Waals surface area contributed by atoms with Crippen LogP contribution in [0.15, 0.2) is 22.7 Å². The van der Waals surface area contributed by atoms with Gasteiger partial charge in [0.1, 0.15) is 5.60 Å². The molecule has 1 aliphatic carbocycles. The van der Waals surface area contributed by atoms with Crippen LogP contribution in [0.25, 0.3) is 0 Å². The molecule has 1 spiro atoms. The summed E-state index contributed by atoms with van der Waals surface area (Å²) in [5.41, 5.74) is 2.08. The fraction of sp³-hybridized carbons (Fsp3) is 0.588. The van der Waals surface area contributed by atoms with Gasteiger partial charge in [0.05, 0.1) is 5.54 Å². The Kier molecular flexibility index (Phi) is 3.55. The highest BCUT2D eigenvalue weighted by atomic mass is 79.9. The first-order chi connectivity index (χ1) is 9.82. The molecule has 0 radical (unpaired) electrons. The lowest BCUT2D eigenvalue weighted by Gasteiger charge is -2.37. The van der Waals surface area contributed by atoms with Crippen molar-refractivity contribution in [1.29, 1.82) is 0 Å². The molecule has 2 aliphatic rings. The standard InChI is InChI=1S/C17H22BrNO2/c1-16(2,3)21-15(20)19-10-4-8-17(19)9-7-12-5-6-13(18)11-14(12)17/h5-6,11H,4,7-10H2,1-3H3/t17-/m0/s1. The molecule has 0 N–H and O–H groups in total. The van der Waals surface area contributed by atoms with Crippen molar-refractivity contribution in [3.8, 4) is 0 Å². The Labute approximate surface area is 134 Å². The summed E-state index contributed by atoms with van der Waals surface area (Å²) in [6, 6.07) is 6.45. The first kappa shape index (κ1) is 14.9. The van der Waals surface area contributed by atoms with E-state index >= 15 is 0 Å². The summed E-state index contributed by atoms with van der Waals surface area (Å²) in [7, 11) is 0. The minimum atomic E-state index is -0.445. The lowest BCUT2D eigenvalue weighted by atomic mass is 9.89. The van der Waals surface area contributed by atoms with Crippen LogP contribution in [0.5, 0.6) is 0 Å². The second-order valence-corrected chi connectivity index (χ2v) is 7.98. The number of aryl methyl sites for hydroxylation is 1. The number of carbonyl (C=O) groups excluding carboxylic acids is 1. The second kappa shape index (κ2) is 5.01. The van der Waals surface area contributed by atoms with Gasteiger partial charge in [-0.05, 0) is 69.7 Å². The number of carbonyl (C=O) groups is 1. The second-order valence-electron chi connectivity index (χ2n) is 7.07. The normalized spacial score (nSPS) is 24.5. The Balaban J connectivity index is 1.95. The zero-order valence-electron chi connectivity index (χ0n) is 12.9. The smallest absolute Gasteiger partial charge is 0.411 e. The van der Waals surface area contributed by atoms with E-state index in [0.29, 0.717) is 0 Å². The van der Waals surface area contributed by atoms with Gasteiger partial charge in [-0.25, -0.2) is 4.79 Å². The molecule has 1 amide bonds. The summed E-state index contributed by atoms with van der Waals surface area (Å²) < 4.78 is 6.71. The summed E-state index contributed by atoms with van der Waals surface area (Å²) in [4.78, 5) is 14.6. The predicted octanol–water partition coefficient (Wildman–Crippen LogP) is 4.62. The number of ether oxygens (including phenoxy) is 1. The predicted molar refractivity (Wildman–Crippen MR) is 86.3 cm³/mol. The van der Waals surface area contributed by atoms with Crippen molar-refractivity contribution in [3.05, 3.63) is 33.8 Å². The first-order valence-electron chi connectivity index (χ1n) is 7.61. The third-order valence-electron chi connectivity index (χ3n) is 4.48. The molecule has 1 atom stereocenters. The van der Waals surface area contributed by atoms with Gasteiger partial charge in [0, 0.05) is 11.0 Å². The van der Waals surface area contributed by atoms with Crippen LogP contribution in [0.3, 0.4) is 0 Å². The summed E-state index contributed by atoms with van der Waals surface area (Å²) >= 11 is 3.57. The third-order valence-corrected chi connectivity index (χ3v) is 4.98. The molecule has 4 heteroatoms. The monoisotopic (exact) mass is 351 g/mol. The van der Waals surface area contributed by atoms with Gasteiger partial charge in [0.25, 0.3) is 0 Å². The van der Waals surface area contributed by atoms with Gasteiger partial charge in [0.15, 0.2) is 0 Å². The van der Waals surface area contributed by atoms with E-state index in [1.54, 1.807) is 0 Å². The number of hydrogen-bond acceptors (Lipinski definition) is 2. The lowest BCUT2D eigenvalue weighted by molar-refractivity contribution is 0.00705. The van der Waals surface area contributed by atoms with Gasteiger partial charge >= 0.3 is 6.09 Å². The Bertz CT molecular complexity index is 579. The minimum Gasteiger partial charge on any atom is -0.444 e. The molecular weight excluding hydrogens is 330 g/mol. The van der Waals surface area contributed by atoms with Crippen LogP contribution >= 0.6 is 15.9 Å². The molecule has 1 fully saturated rings. The molecule has 1 aromatic carbocycles. The number of likely N-dealkylation sites (tertiary alicyclic amines) is 1. The quantitative estimate of drug-likeness (QED) is 0.682. The minimum absolute atomic E-state index is 0.151. The lowest BCUT2D eigenvalue weighted by Crippen LogP contribution is -2.46. The molecule has 21 heavy (non-hydrogen) atoms. The van der Waals surface area contributed by atoms with Crippen molar-refractivity contribution >= 4 is 22.0 Å².